The molecule has 0 bridgehead atoms. The Bertz CT molecular complexity index is 1810. The molecule has 0 radical (unpaired) electrons. The van der Waals surface area contributed by atoms with E-state index in [1.54, 1.807) is 58.7 Å². The third-order valence-corrected chi connectivity index (χ3v) is 8.30. The number of hydrogen-bond donors (Lipinski definition) is 1. The largest absolute Gasteiger partial charge is 0.508 e. The number of nitrogens with zero attached hydrogens (tertiary/aromatic N) is 3. The van der Waals surface area contributed by atoms with Gasteiger partial charge < -0.3 is 14.9 Å². The van der Waals surface area contributed by atoms with Crippen LogP contribution >= 0.6 is 0 Å². The molecule has 7 nitrogen and oxygen atoms in total. The monoisotopic (exact) mass is 601 g/mol. The Hall–Kier alpha value is -5.17. The maximum atomic E-state index is 13.7. The van der Waals surface area contributed by atoms with Crippen LogP contribution < -0.4 is 9.80 Å². The molecule has 5 aromatic rings. The van der Waals surface area contributed by atoms with Gasteiger partial charge in [-0.05, 0) is 68.3 Å². The van der Waals surface area contributed by atoms with E-state index in [1.165, 1.54) is 0 Å². The van der Waals surface area contributed by atoms with Crippen LogP contribution in [0.2, 0.25) is 0 Å². The quantitative estimate of drug-likeness (QED) is 0.156. The molecule has 0 aliphatic rings. The molecule has 45 heavy (non-hydrogen) atoms. The van der Waals surface area contributed by atoms with Crippen molar-refractivity contribution in [1.29, 1.82) is 0 Å². The number of rotatable bonds is 11. The highest BCUT2D eigenvalue weighted by Gasteiger charge is 2.25. The van der Waals surface area contributed by atoms with Crippen molar-refractivity contribution < 1.29 is 19.5 Å². The molecule has 1 aromatic heterocycles. The van der Waals surface area contributed by atoms with Gasteiger partial charge in [-0.1, -0.05) is 67.4 Å². The fraction of sp³-hybridized carbons (Fsp3) is 0.237. The van der Waals surface area contributed by atoms with Crippen molar-refractivity contribution in [2.45, 2.75) is 46.0 Å². The number of carbonyl (C=O) groups excluding carboxylic acids is 3. The lowest BCUT2D eigenvalue weighted by atomic mass is 9.99. The number of amides is 2. The fourth-order valence-electron chi connectivity index (χ4n) is 5.95. The number of para-hydroxylation sites is 2. The standard InChI is InChI=1S/C38H39N3O4/c1-27-37(33-26-31(43)23-24-35(33)41(27)38(45)29-16-8-6-9-17-29)32-20-13-14-21-34(32)40(28(2)42)25-15-5-4-12-22-36(44)39(3)30-18-10-7-11-19-30/h6-11,13-14,16-21,23-24,26,43H,4-5,12,15,22,25H2,1-3H3. The van der Waals surface area contributed by atoms with Crippen LogP contribution in [-0.4, -0.2) is 41.0 Å². The molecule has 1 N–H and O–H groups in total. The summed E-state index contributed by atoms with van der Waals surface area (Å²) in [5.74, 6) is -0.0506. The Morgan fingerprint density at radius 1 is 0.778 bits per heavy atom. The van der Waals surface area contributed by atoms with Crippen LogP contribution in [0.4, 0.5) is 11.4 Å². The summed E-state index contributed by atoms with van der Waals surface area (Å²) >= 11 is 0. The second-order valence-electron chi connectivity index (χ2n) is 11.3. The van der Waals surface area contributed by atoms with E-state index in [1.807, 2.05) is 79.7 Å². The second kappa shape index (κ2) is 14.1. The molecule has 2 amide bonds. The van der Waals surface area contributed by atoms with Crippen LogP contribution in [-0.2, 0) is 9.59 Å². The highest BCUT2D eigenvalue weighted by atomic mass is 16.3. The third-order valence-electron chi connectivity index (χ3n) is 8.30. The lowest BCUT2D eigenvalue weighted by Gasteiger charge is -2.24. The van der Waals surface area contributed by atoms with Gasteiger partial charge >= 0.3 is 0 Å². The van der Waals surface area contributed by atoms with Gasteiger partial charge in [0.1, 0.15) is 5.75 Å². The molecule has 0 atom stereocenters. The summed E-state index contributed by atoms with van der Waals surface area (Å²) in [5.41, 5.74) is 5.22. The van der Waals surface area contributed by atoms with Crippen LogP contribution in [0.15, 0.2) is 103 Å². The zero-order valence-electron chi connectivity index (χ0n) is 26.1. The van der Waals surface area contributed by atoms with Crippen molar-refractivity contribution in [1.82, 2.24) is 4.57 Å². The number of benzene rings is 4. The summed E-state index contributed by atoms with van der Waals surface area (Å²) in [6, 6.07) is 31.5. The van der Waals surface area contributed by atoms with E-state index in [-0.39, 0.29) is 23.5 Å². The molecule has 1 heterocycles. The Balaban J connectivity index is 1.35. The van der Waals surface area contributed by atoms with Gasteiger partial charge in [0.15, 0.2) is 0 Å². The predicted molar refractivity (Wildman–Crippen MR) is 181 cm³/mol. The maximum Gasteiger partial charge on any atom is 0.262 e. The van der Waals surface area contributed by atoms with E-state index in [9.17, 15) is 19.5 Å². The second-order valence-corrected chi connectivity index (χ2v) is 11.3. The average Bonchev–Trinajstić information content (AvgIpc) is 3.34. The van der Waals surface area contributed by atoms with Crippen LogP contribution in [0.25, 0.3) is 22.0 Å². The Kier molecular flexibility index (Phi) is 9.78. The molecule has 4 aromatic carbocycles. The van der Waals surface area contributed by atoms with Crippen molar-refractivity contribution in [3.63, 3.8) is 0 Å². The minimum atomic E-state index is -0.163. The fourth-order valence-corrected chi connectivity index (χ4v) is 5.95. The first-order chi connectivity index (χ1) is 21.8. The molecule has 0 aliphatic carbocycles. The normalized spacial score (nSPS) is 11.0. The first-order valence-electron chi connectivity index (χ1n) is 15.4. The molecular formula is C38H39N3O4. The molecule has 0 unspecified atom stereocenters. The Morgan fingerprint density at radius 3 is 2.13 bits per heavy atom. The minimum Gasteiger partial charge on any atom is -0.508 e. The highest BCUT2D eigenvalue weighted by molar-refractivity contribution is 6.10. The average molecular weight is 602 g/mol. The van der Waals surface area contributed by atoms with Gasteiger partial charge in [0.2, 0.25) is 11.8 Å². The molecule has 7 heteroatoms. The SMILES string of the molecule is CC(=O)N(CCCCCCC(=O)N(C)c1ccccc1)c1ccccc1-c1c(C)n(C(=O)c2ccccc2)c2ccc(O)cc12. The molecule has 0 spiro atoms. The number of unbranched alkanes of at least 4 members (excludes halogenated alkanes) is 3. The van der Waals surface area contributed by atoms with Gasteiger partial charge in [-0.2, -0.15) is 0 Å². The number of aromatic nitrogens is 1. The lowest BCUT2D eigenvalue weighted by Crippen LogP contribution is -2.30. The van der Waals surface area contributed by atoms with Crippen molar-refractivity contribution >= 4 is 40.0 Å². The summed E-state index contributed by atoms with van der Waals surface area (Å²) in [4.78, 5) is 42.9. The molecule has 230 valence electrons. The number of fused-ring (bicyclic) bond motifs is 1. The van der Waals surface area contributed by atoms with Crippen LogP contribution in [0.5, 0.6) is 5.75 Å². The van der Waals surface area contributed by atoms with Crippen molar-refractivity contribution in [3.05, 3.63) is 114 Å². The van der Waals surface area contributed by atoms with Crippen LogP contribution in [0.3, 0.4) is 0 Å². The van der Waals surface area contributed by atoms with Gasteiger partial charge in [0.05, 0.1) is 11.2 Å². The van der Waals surface area contributed by atoms with E-state index in [4.69, 9.17) is 0 Å². The van der Waals surface area contributed by atoms with Crippen molar-refractivity contribution in [2.24, 2.45) is 0 Å². The summed E-state index contributed by atoms with van der Waals surface area (Å²) in [6.45, 7) is 3.99. The first-order valence-corrected chi connectivity index (χ1v) is 15.4. The first kappa shape index (κ1) is 31.3. The summed E-state index contributed by atoms with van der Waals surface area (Å²) < 4.78 is 1.69. The number of anilines is 2. The predicted octanol–water partition coefficient (Wildman–Crippen LogP) is 7.98. The van der Waals surface area contributed by atoms with Crippen molar-refractivity contribution in [2.75, 3.05) is 23.4 Å². The van der Waals surface area contributed by atoms with E-state index in [2.05, 4.69) is 0 Å². The molecule has 0 fully saturated rings. The van der Waals surface area contributed by atoms with Gasteiger partial charge in [-0.3, -0.25) is 19.0 Å². The summed E-state index contributed by atoms with van der Waals surface area (Å²) in [7, 11) is 1.80. The zero-order valence-corrected chi connectivity index (χ0v) is 26.1. The van der Waals surface area contributed by atoms with E-state index in [0.717, 1.165) is 59.3 Å². The minimum absolute atomic E-state index is 0.0771. The van der Waals surface area contributed by atoms with Gasteiger partial charge in [-0.15, -0.1) is 0 Å². The van der Waals surface area contributed by atoms with Crippen molar-refractivity contribution in [3.8, 4) is 16.9 Å². The van der Waals surface area contributed by atoms with Gasteiger partial charge in [0, 0.05) is 60.4 Å². The van der Waals surface area contributed by atoms with E-state index < -0.39 is 0 Å². The topological polar surface area (TPSA) is 82.9 Å². The number of phenolic OH excluding ortho intramolecular Hbond substituents is 1. The zero-order chi connectivity index (χ0) is 31.9. The Morgan fingerprint density at radius 2 is 1.42 bits per heavy atom. The van der Waals surface area contributed by atoms with Gasteiger partial charge in [0.25, 0.3) is 5.91 Å². The van der Waals surface area contributed by atoms with E-state index >= 15 is 0 Å². The summed E-state index contributed by atoms with van der Waals surface area (Å²) in [6.07, 6.45) is 3.80. The van der Waals surface area contributed by atoms with Crippen LogP contribution in [0.1, 0.15) is 55.1 Å². The molecular weight excluding hydrogens is 562 g/mol. The number of hydrogen-bond acceptors (Lipinski definition) is 4. The molecule has 0 saturated heterocycles. The molecule has 0 aliphatic heterocycles. The Labute approximate surface area is 264 Å². The summed E-state index contributed by atoms with van der Waals surface area (Å²) in [5, 5.41) is 11.2. The number of phenols is 1. The van der Waals surface area contributed by atoms with Gasteiger partial charge in [-0.25, -0.2) is 0 Å². The van der Waals surface area contributed by atoms with Crippen LogP contribution in [0, 0.1) is 6.92 Å². The van der Waals surface area contributed by atoms with E-state index in [0.29, 0.717) is 24.0 Å². The smallest absolute Gasteiger partial charge is 0.262 e. The highest BCUT2D eigenvalue weighted by Crippen LogP contribution is 2.41. The molecule has 5 rings (SSSR count). The number of aromatic hydroxyl groups is 1. The lowest BCUT2D eigenvalue weighted by molar-refractivity contribution is -0.118. The third kappa shape index (κ3) is 6.83. The molecule has 0 saturated carbocycles. The number of carbonyl (C=O) groups is 3. The maximum absolute atomic E-state index is 13.7.